The monoisotopic (exact) mass is 320 g/mol. The molecular weight excluding hydrogens is 312 g/mol. The summed E-state index contributed by atoms with van der Waals surface area (Å²) in [5.74, 6) is 0. The highest BCUT2D eigenvalue weighted by atomic mass is 35.5. The van der Waals surface area contributed by atoms with Gasteiger partial charge in [0.2, 0.25) is 0 Å². The molecule has 0 amide bonds. The Labute approximate surface area is 135 Å². The van der Waals surface area contributed by atoms with E-state index in [1.807, 2.05) is 42.5 Å². The van der Waals surface area contributed by atoms with E-state index in [4.69, 9.17) is 27.0 Å². The van der Waals surface area contributed by atoms with Crippen LogP contribution < -0.4 is 5.73 Å². The van der Waals surface area contributed by atoms with Crippen molar-refractivity contribution in [3.8, 4) is 17.2 Å². The largest absolute Gasteiger partial charge is 0.424 e. The van der Waals surface area contributed by atoms with Crippen molar-refractivity contribution in [2.24, 2.45) is 0 Å². The van der Waals surface area contributed by atoms with E-state index < -0.39 is 0 Å². The second-order valence-corrected chi connectivity index (χ2v) is 5.45. The van der Waals surface area contributed by atoms with E-state index >= 15 is 0 Å². The Morgan fingerprint density at radius 2 is 1.91 bits per heavy atom. The highest BCUT2D eigenvalue weighted by Gasteiger charge is 2.10. The predicted molar refractivity (Wildman–Crippen MR) is 88.9 cm³/mol. The average Bonchev–Trinajstić information content (AvgIpc) is 2.94. The van der Waals surface area contributed by atoms with Gasteiger partial charge in [-0.2, -0.15) is 10.2 Å². The number of rotatable bonds is 1. The van der Waals surface area contributed by atoms with Crippen LogP contribution in [0, 0.1) is 11.3 Å². The molecule has 0 radical (unpaired) electrons. The molecule has 0 unspecified atom stereocenters. The Morgan fingerprint density at radius 3 is 2.74 bits per heavy atom. The molecular formula is C17H9ClN4O. The minimum atomic E-state index is 0.142. The summed E-state index contributed by atoms with van der Waals surface area (Å²) in [6.45, 7) is 0. The first-order valence-electron chi connectivity index (χ1n) is 6.80. The lowest BCUT2D eigenvalue weighted by Gasteiger charge is -2.06. The first-order chi connectivity index (χ1) is 11.2. The fourth-order valence-electron chi connectivity index (χ4n) is 2.56. The number of pyridine rings is 1. The molecule has 0 bridgehead atoms. The quantitative estimate of drug-likeness (QED) is 0.569. The first kappa shape index (κ1) is 13.6. The van der Waals surface area contributed by atoms with Crippen molar-refractivity contribution >= 4 is 39.5 Å². The first-order valence-corrected chi connectivity index (χ1v) is 7.18. The number of nitrogens with zero attached hydrogens (tertiary/aromatic N) is 3. The van der Waals surface area contributed by atoms with Gasteiger partial charge in [0, 0.05) is 17.0 Å². The molecule has 6 heteroatoms. The summed E-state index contributed by atoms with van der Waals surface area (Å²) >= 11 is 6.27. The molecule has 23 heavy (non-hydrogen) atoms. The number of halogens is 1. The number of benzene rings is 2. The second kappa shape index (κ2) is 4.97. The SMILES string of the molecule is N#Cc1ncc2ccc(-c3ccc4oc(N)nc4c3)cc2c1Cl. The van der Waals surface area contributed by atoms with Gasteiger partial charge in [0.05, 0.1) is 5.02 Å². The molecule has 2 N–H and O–H groups in total. The maximum Gasteiger partial charge on any atom is 0.292 e. The highest BCUT2D eigenvalue weighted by Crippen LogP contribution is 2.31. The number of hydrogen-bond donors (Lipinski definition) is 1. The molecule has 0 aliphatic rings. The normalized spacial score (nSPS) is 11.0. The molecule has 0 spiro atoms. The van der Waals surface area contributed by atoms with Crippen molar-refractivity contribution in [1.82, 2.24) is 9.97 Å². The summed E-state index contributed by atoms with van der Waals surface area (Å²) in [6, 6.07) is 13.6. The molecule has 0 aliphatic heterocycles. The van der Waals surface area contributed by atoms with Gasteiger partial charge in [-0.3, -0.25) is 0 Å². The minimum Gasteiger partial charge on any atom is -0.424 e. The van der Waals surface area contributed by atoms with E-state index in [1.54, 1.807) is 6.20 Å². The van der Waals surface area contributed by atoms with Crippen molar-refractivity contribution in [1.29, 1.82) is 5.26 Å². The van der Waals surface area contributed by atoms with E-state index in [-0.39, 0.29) is 11.7 Å². The Bertz CT molecular complexity index is 1110. The molecule has 0 saturated heterocycles. The van der Waals surface area contributed by atoms with Crippen LogP contribution in [-0.4, -0.2) is 9.97 Å². The standard InChI is InChI=1S/C17H9ClN4O/c18-16-12-5-9(1-2-11(12)8-21-14(16)7-19)10-3-4-15-13(6-10)22-17(20)23-15/h1-6,8H,(H2,20,22). The molecule has 0 aliphatic carbocycles. The second-order valence-electron chi connectivity index (χ2n) is 5.07. The van der Waals surface area contributed by atoms with Crippen LogP contribution in [0.15, 0.2) is 47.0 Å². The fraction of sp³-hybridized carbons (Fsp3) is 0. The maximum absolute atomic E-state index is 9.06. The Balaban J connectivity index is 1.93. The Hall–Kier alpha value is -3.10. The van der Waals surface area contributed by atoms with Crippen LogP contribution in [0.1, 0.15) is 5.69 Å². The van der Waals surface area contributed by atoms with Crippen molar-refractivity contribution in [3.05, 3.63) is 53.3 Å². The number of oxazole rings is 1. The number of hydrogen-bond acceptors (Lipinski definition) is 5. The summed E-state index contributed by atoms with van der Waals surface area (Å²) in [4.78, 5) is 8.18. The smallest absolute Gasteiger partial charge is 0.292 e. The zero-order chi connectivity index (χ0) is 16.0. The summed E-state index contributed by atoms with van der Waals surface area (Å²) in [6.07, 6.45) is 1.64. The maximum atomic E-state index is 9.06. The van der Waals surface area contributed by atoms with Gasteiger partial charge in [-0.05, 0) is 29.3 Å². The molecule has 110 valence electrons. The van der Waals surface area contributed by atoms with Crippen LogP contribution in [-0.2, 0) is 0 Å². The topological polar surface area (TPSA) is 88.7 Å². The van der Waals surface area contributed by atoms with E-state index in [1.165, 1.54) is 0 Å². The molecule has 4 rings (SSSR count). The lowest BCUT2D eigenvalue weighted by Crippen LogP contribution is -1.87. The van der Waals surface area contributed by atoms with Crippen LogP contribution in [0.4, 0.5) is 6.01 Å². The summed E-state index contributed by atoms with van der Waals surface area (Å²) in [5.41, 5.74) is 9.04. The highest BCUT2D eigenvalue weighted by molar-refractivity contribution is 6.36. The van der Waals surface area contributed by atoms with E-state index in [0.717, 1.165) is 21.9 Å². The van der Waals surface area contributed by atoms with Crippen LogP contribution >= 0.6 is 11.6 Å². The third-order valence-corrected chi connectivity index (χ3v) is 4.06. The van der Waals surface area contributed by atoms with Crippen molar-refractivity contribution < 1.29 is 4.42 Å². The van der Waals surface area contributed by atoms with Gasteiger partial charge in [-0.1, -0.05) is 29.8 Å². The number of nitriles is 1. The van der Waals surface area contributed by atoms with Crippen molar-refractivity contribution in [2.45, 2.75) is 0 Å². The van der Waals surface area contributed by atoms with Gasteiger partial charge >= 0.3 is 0 Å². The van der Waals surface area contributed by atoms with E-state index in [0.29, 0.717) is 16.1 Å². The predicted octanol–water partition coefficient (Wildman–Crippen LogP) is 4.15. The third kappa shape index (κ3) is 2.17. The van der Waals surface area contributed by atoms with Gasteiger partial charge in [0.1, 0.15) is 11.6 Å². The fourth-order valence-corrected chi connectivity index (χ4v) is 2.81. The molecule has 5 nitrogen and oxygen atoms in total. The molecule has 2 heterocycles. The molecule has 4 aromatic rings. The number of nitrogen functional groups attached to an aromatic ring is 1. The van der Waals surface area contributed by atoms with Crippen molar-refractivity contribution in [3.63, 3.8) is 0 Å². The number of aromatic nitrogens is 2. The van der Waals surface area contributed by atoms with Crippen molar-refractivity contribution in [2.75, 3.05) is 5.73 Å². The zero-order valence-corrected chi connectivity index (χ0v) is 12.5. The molecule has 0 fully saturated rings. The van der Waals surface area contributed by atoms with Crippen LogP contribution in [0.25, 0.3) is 33.0 Å². The van der Waals surface area contributed by atoms with Gasteiger partial charge in [-0.15, -0.1) is 0 Å². The average molecular weight is 321 g/mol. The molecule has 2 aromatic heterocycles. The zero-order valence-electron chi connectivity index (χ0n) is 11.7. The van der Waals surface area contributed by atoms with Gasteiger partial charge in [-0.25, -0.2) is 4.98 Å². The number of anilines is 1. The lowest BCUT2D eigenvalue weighted by molar-refractivity contribution is 0.626. The van der Waals surface area contributed by atoms with Gasteiger partial charge < -0.3 is 10.2 Å². The molecule has 0 atom stereocenters. The van der Waals surface area contributed by atoms with Gasteiger partial charge in [0.25, 0.3) is 6.01 Å². The number of fused-ring (bicyclic) bond motifs is 2. The van der Waals surface area contributed by atoms with E-state index in [9.17, 15) is 0 Å². The van der Waals surface area contributed by atoms with Gasteiger partial charge in [0.15, 0.2) is 11.3 Å². The third-order valence-electron chi connectivity index (χ3n) is 3.67. The number of nitrogens with two attached hydrogens (primary N) is 1. The van der Waals surface area contributed by atoms with Crippen LogP contribution in [0.5, 0.6) is 0 Å². The Morgan fingerprint density at radius 1 is 1.13 bits per heavy atom. The molecule has 2 aromatic carbocycles. The molecule has 0 saturated carbocycles. The Kier molecular flexibility index (Phi) is 2.93. The van der Waals surface area contributed by atoms with Crippen LogP contribution in [0.3, 0.4) is 0 Å². The van der Waals surface area contributed by atoms with E-state index in [2.05, 4.69) is 9.97 Å². The minimum absolute atomic E-state index is 0.142. The lowest BCUT2D eigenvalue weighted by atomic mass is 10.0. The summed E-state index contributed by atoms with van der Waals surface area (Å²) in [7, 11) is 0. The van der Waals surface area contributed by atoms with Crippen LogP contribution in [0.2, 0.25) is 5.02 Å². The summed E-state index contributed by atoms with van der Waals surface area (Å²) < 4.78 is 5.28. The summed E-state index contributed by atoms with van der Waals surface area (Å²) in [5, 5.41) is 11.1.